The first kappa shape index (κ1) is 27.4. The minimum Gasteiger partial charge on any atom is -0.465 e. The van der Waals surface area contributed by atoms with E-state index in [0.29, 0.717) is 17.2 Å². The molecule has 1 atom stereocenters. The van der Waals surface area contributed by atoms with E-state index in [1.54, 1.807) is 12.1 Å². The molecule has 1 fully saturated rings. The van der Waals surface area contributed by atoms with Crippen LogP contribution in [0.3, 0.4) is 0 Å². The van der Waals surface area contributed by atoms with Crippen LogP contribution in [0.2, 0.25) is 0 Å². The number of hydrogen-bond acceptors (Lipinski definition) is 4. The molecule has 9 heteroatoms. The number of carbonyl (C=O) groups excluding carboxylic acids is 2. The number of alkyl halides is 3. The van der Waals surface area contributed by atoms with Crippen LogP contribution in [0.4, 0.5) is 23.7 Å². The van der Waals surface area contributed by atoms with Crippen molar-refractivity contribution in [1.82, 2.24) is 5.32 Å². The molecule has 0 spiro atoms. The van der Waals surface area contributed by atoms with Crippen LogP contribution in [0.5, 0.6) is 5.75 Å². The summed E-state index contributed by atoms with van der Waals surface area (Å²) in [6.07, 6.45) is -0.803. The van der Waals surface area contributed by atoms with E-state index >= 15 is 0 Å². The highest BCUT2D eigenvalue weighted by molar-refractivity contribution is 5.90. The topological polar surface area (TPSA) is 76.7 Å². The van der Waals surface area contributed by atoms with Crippen LogP contribution in [0.15, 0.2) is 48.5 Å². The lowest BCUT2D eigenvalue weighted by atomic mass is 9.68. The highest BCUT2D eigenvalue weighted by Gasteiger charge is 2.34. The smallest absolute Gasteiger partial charge is 0.465 e. The fourth-order valence-corrected chi connectivity index (χ4v) is 4.78. The SMILES string of the molecule is COC(=O)c1ccc(C(NC(=O)Nc2ccc(OC(F)(F)F)cc2)C2CCC(C(C)(C)C)CC2)cc1. The van der Waals surface area contributed by atoms with Gasteiger partial charge in [0, 0.05) is 5.69 Å². The molecule has 0 heterocycles. The lowest BCUT2D eigenvalue weighted by Gasteiger charge is -2.39. The molecule has 0 aliphatic heterocycles. The van der Waals surface area contributed by atoms with Crippen molar-refractivity contribution in [3.05, 3.63) is 59.7 Å². The van der Waals surface area contributed by atoms with Crippen LogP contribution < -0.4 is 15.4 Å². The van der Waals surface area contributed by atoms with Gasteiger partial charge in [0.25, 0.3) is 0 Å². The van der Waals surface area contributed by atoms with Gasteiger partial charge in [-0.15, -0.1) is 13.2 Å². The molecular formula is C27H33F3N2O4. The molecule has 0 aromatic heterocycles. The first-order chi connectivity index (χ1) is 16.9. The lowest BCUT2D eigenvalue weighted by Crippen LogP contribution is -2.38. The van der Waals surface area contributed by atoms with Gasteiger partial charge in [-0.05, 0) is 84.9 Å². The zero-order valence-corrected chi connectivity index (χ0v) is 20.9. The molecule has 2 aromatic rings. The Balaban J connectivity index is 1.73. The number of amides is 2. The number of urea groups is 1. The Morgan fingerprint density at radius 2 is 1.50 bits per heavy atom. The predicted molar refractivity (Wildman–Crippen MR) is 131 cm³/mol. The van der Waals surface area contributed by atoms with Gasteiger partial charge in [0.15, 0.2) is 0 Å². The van der Waals surface area contributed by atoms with E-state index in [-0.39, 0.29) is 23.1 Å². The fourth-order valence-electron chi connectivity index (χ4n) is 4.78. The molecule has 196 valence electrons. The van der Waals surface area contributed by atoms with Gasteiger partial charge < -0.3 is 20.1 Å². The van der Waals surface area contributed by atoms with E-state index in [1.807, 2.05) is 12.1 Å². The van der Waals surface area contributed by atoms with E-state index < -0.39 is 18.4 Å². The number of esters is 1. The van der Waals surface area contributed by atoms with E-state index in [4.69, 9.17) is 4.74 Å². The summed E-state index contributed by atoms with van der Waals surface area (Å²) < 4.78 is 45.8. The average molecular weight is 507 g/mol. The van der Waals surface area contributed by atoms with Gasteiger partial charge in [0.05, 0.1) is 18.7 Å². The van der Waals surface area contributed by atoms with E-state index in [0.717, 1.165) is 43.4 Å². The minimum atomic E-state index is -4.78. The molecule has 2 N–H and O–H groups in total. The van der Waals surface area contributed by atoms with Crippen molar-refractivity contribution in [3.63, 3.8) is 0 Å². The van der Waals surface area contributed by atoms with Gasteiger partial charge in [-0.2, -0.15) is 0 Å². The van der Waals surface area contributed by atoms with Crippen LogP contribution in [0.25, 0.3) is 0 Å². The summed E-state index contributed by atoms with van der Waals surface area (Å²) in [7, 11) is 1.32. The van der Waals surface area contributed by atoms with Gasteiger partial charge >= 0.3 is 18.4 Å². The molecule has 1 unspecified atom stereocenters. The summed E-state index contributed by atoms with van der Waals surface area (Å²) in [5.41, 5.74) is 1.83. The third kappa shape index (κ3) is 7.63. The van der Waals surface area contributed by atoms with Crippen LogP contribution in [-0.4, -0.2) is 25.5 Å². The molecule has 0 radical (unpaired) electrons. The summed E-state index contributed by atoms with van der Waals surface area (Å²) >= 11 is 0. The predicted octanol–water partition coefficient (Wildman–Crippen LogP) is 7.09. The van der Waals surface area contributed by atoms with Crippen LogP contribution in [0.1, 0.15) is 68.4 Å². The number of hydrogen-bond donors (Lipinski definition) is 2. The van der Waals surface area contributed by atoms with Crippen molar-refractivity contribution in [1.29, 1.82) is 0 Å². The van der Waals surface area contributed by atoms with Gasteiger partial charge in [0.2, 0.25) is 0 Å². The zero-order chi connectivity index (χ0) is 26.5. The third-order valence-corrected chi connectivity index (χ3v) is 6.79. The molecule has 2 aromatic carbocycles. The Hall–Kier alpha value is -3.23. The minimum absolute atomic E-state index is 0.195. The van der Waals surface area contributed by atoms with Crippen molar-refractivity contribution in [2.75, 3.05) is 12.4 Å². The molecule has 1 aliphatic carbocycles. The Morgan fingerprint density at radius 1 is 0.917 bits per heavy atom. The first-order valence-corrected chi connectivity index (χ1v) is 12.0. The summed E-state index contributed by atoms with van der Waals surface area (Å²) in [5.74, 6) is -0.0108. The summed E-state index contributed by atoms with van der Waals surface area (Å²) in [6, 6.07) is 11.2. The maximum atomic E-state index is 12.9. The Labute approximate surface area is 209 Å². The molecule has 0 bridgehead atoms. The first-order valence-electron chi connectivity index (χ1n) is 12.0. The van der Waals surface area contributed by atoms with Gasteiger partial charge in [0.1, 0.15) is 5.75 Å². The molecule has 1 saturated carbocycles. The maximum absolute atomic E-state index is 12.9. The van der Waals surface area contributed by atoms with E-state index in [1.165, 1.54) is 19.2 Å². The molecule has 6 nitrogen and oxygen atoms in total. The van der Waals surface area contributed by atoms with Gasteiger partial charge in [-0.25, -0.2) is 9.59 Å². The fraction of sp³-hybridized carbons (Fsp3) is 0.481. The van der Waals surface area contributed by atoms with Crippen molar-refractivity contribution in [2.24, 2.45) is 17.3 Å². The second kappa shape index (κ2) is 11.2. The molecule has 0 saturated heterocycles. The number of carbonyl (C=O) groups is 2. The molecule has 2 amide bonds. The summed E-state index contributed by atoms with van der Waals surface area (Å²) in [4.78, 5) is 24.7. The number of methoxy groups -OCH3 is 1. The number of halogens is 3. The number of ether oxygens (including phenoxy) is 2. The van der Waals surface area contributed by atoms with Gasteiger partial charge in [-0.3, -0.25) is 0 Å². The van der Waals surface area contributed by atoms with Crippen LogP contribution in [-0.2, 0) is 4.74 Å². The highest BCUT2D eigenvalue weighted by atomic mass is 19.4. The monoisotopic (exact) mass is 506 g/mol. The second-order valence-electron chi connectivity index (χ2n) is 10.2. The number of rotatable bonds is 6. The number of anilines is 1. The van der Waals surface area contributed by atoms with E-state index in [9.17, 15) is 22.8 Å². The zero-order valence-electron chi connectivity index (χ0n) is 20.9. The summed E-state index contributed by atoms with van der Waals surface area (Å²) in [6.45, 7) is 6.74. The second-order valence-corrected chi connectivity index (χ2v) is 10.2. The molecule has 3 rings (SSSR count). The molecular weight excluding hydrogens is 473 g/mol. The Morgan fingerprint density at radius 3 is 2.00 bits per heavy atom. The van der Waals surface area contributed by atoms with Crippen LogP contribution >= 0.6 is 0 Å². The summed E-state index contributed by atoms with van der Waals surface area (Å²) in [5, 5.41) is 5.73. The van der Waals surface area contributed by atoms with Crippen molar-refractivity contribution in [2.45, 2.75) is 58.9 Å². The highest BCUT2D eigenvalue weighted by Crippen LogP contribution is 2.43. The van der Waals surface area contributed by atoms with Crippen molar-refractivity contribution in [3.8, 4) is 5.75 Å². The maximum Gasteiger partial charge on any atom is 0.573 e. The van der Waals surface area contributed by atoms with Crippen molar-refractivity contribution < 1.29 is 32.2 Å². The quantitative estimate of drug-likeness (QED) is 0.410. The molecule has 36 heavy (non-hydrogen) atoms. The van der Waals surface area contributed by atoms with Crippen LogP contribution in [0, 0.1) is 17.3 Å². The average Bonchev–Trinajstić information content (AvgIpc) is 2.82. The van der Waals surface area contributed by atoms with Crippen molar-refractivity contribution >= 4 is 17.7 Å². The number of nitrogens with one attached hydrogen (secondary N) is 2. The molecule has 1 aliphatic rings. The number of benzene rings is 2. The van der Waals surface area contributed by atoms with E-state index in [2.05, 4.69) is 36.1 Å². The lowest BCUT2D eigenvalue weighted by molar-refractivity contribution is -0.274. The largest absolute Gasteiger partial charge is 0.573 e. The van der Waals surface area contributed by atoms with Gasteiger partial charge in [-0.1, -0.05) is 32.9 Å². The Kier molecular flexibility index (Phi) is 8.53. The standard InChI is InChI=1S/C27H33F3N2O4/c1-26(2,3)20-11-9-18(10-12-20)23(17-5-7-19(8-6-17)24(33)35-4)32-25(34)31-21-13-15-22(16-14-21)36-27(28,29)30/h5-8,13-16,18,20,23H,9-12H2,1-4H3,(H2,31,32,34). The normalized spacial score (nSPS) is 19.2. The Bertz CT molecular complexity index is 1020. The third-order valence-electron chi connectivity index (χ3n) is 6.79.